The van der Waals surface area contributed by atoms with Gasteiger partial charge in [-0.05, 0) is 41.3 Å². The van der Waals surface area contributed by atoms with Gasteiger partial charge in [-0.1, -0.05) is 68.4 Å². The molecule has 3 aromatic carbocycles. The minimum Gasteiger partial charge on any atom is -0.491 e. The minimum atomic E-state index is -0.637. The average molecular weight is 401 g/mol. The maximum Gasteiger partial charge on any atom is 0.119 e. The quantitative estimate of drug-likeness (QED) is 0.443. The van der Waals surface area contributed by atoms with Crippen LogP contribution in [0.25, 0.3) is 11.0 Å². The lowest BCUT2D eigenvalue weighted by Gasteiger charge is -2.16. The fourth-order valence-electron chi connectivity index (χ4n) is 3.65. The molecule has 1 N–H and O–H groups in total. The van der Waals surface area contributed by atoms with Gasteiger partial charge in [0.1, 0.15) is 24.3 Å². The van der Waals surface area contributed by atoms with Crippen LogP contribution in [0.5, 0.6) is 5.75 Å². The van der Waals surface area contributed by atoms with Crippen LogP contribution in [0.1, 0.15) is 36.7 Å². The lowest BCUT2D eigenvalue weighted by Crippen LogP contribution is -2.24. The number of imidazole rings is 1. The molecule has 4 rings (SSSR count). The first-order valence-electron chi connectivity index (χ1n) is 10.5. The van der Waals surface area contributed by atoms with Crippen LogP contribution in [0.3, 0.4) is 0 Å². The Labute approximate surface area is 177 Å². The van der Waals surface area contributed by atoms with Gasteiger partial charge in [0.05, 0.1) is 17.6 Å². The van der Waals surface area contributed by atoms with E-state index in [-0.39, 0.29) is 6.61 Å². The first-order chi connectivity index (χ1) is 14.6. The molecule has 0 aliphatic carbocycles. The average Bonchev–Trinajstić information content (AvgIpc) is 3.10. The highest BCUT2D eigenvalue weighted by atomic mass is 16.5. The summed E-state index contributed by atoms with van der Waals surface area (Å²) in [7, 11) is 0. The van der Waals surface area contributed by atoms with Crippen molar-refractivity contribution in [1.29, 1.82) is 0 Å². The van der Waals surface area contributed by atoms with Gasteiger partial charge < -0.3 is 14.4 Å². The zero-order valence-corrected chi connectivity index (χ0v) is 17.5. The maximum atomic E-state index is 10.7. The monoisotopic (exact) mass is 400 g/mol. The molecule has 0 saturated carbocycles. The molecule has 30 heavy (non-hydrogen) atoms. The van der Waals surface area contributed by atoms with Crippen molar-refractivity contribution in [2.75, 3.05) is 6.61 Å². The van der Waals surface area contributed by atoms with Crippen molar-refractivity contribution >= 4 is 11.0 Å². The van der Waals surface area contributed by atoms with E-state index in [1.54, 1.807) is 0 Å². The Balaban J connectivity index is 1.48. The van der Waals surface area contributed by atoms with E-state index in [1.807, 2.05) is 48.5 Å². The Morgan fingerprint density at radius 1 is 0.900 bits per heavy atom. The number of fused-ring (bicyclic) bond motifs is 1. The van der Waals surface area contributed by atoms with E-state index in [0.29, 0.717) is 12.5 Å². The number of hydrogen-bond acceptors (Lipinski definition) is 3. The van der Waals surface area contributed by atoms with Crippen LogP contribution in [-0.4, -0.2) is 27.4 Å². The molecule has 1 unspecified atom stereocenters. The van der Waals surface area contributed by atoms with Crippen LogP contribution in [0.15, 0.2) is 78.9 Å². The molecule has 1 atom stereocenters. The Morgan fingerprint density at radius 3 is 2.33 bits per heavy atom. The summed E-state index contributed by atoms with van der Waals surface area (Å²) in [5.74, 6) is 2.21. The van der Waals surface area contributed by atoms with Gasteiger partial charge in [0, 0.05) is 6.42 Å². The predicted molar refractivity (Wildman–Crippen MR) is 121 cm³/mol. The van der Waals surface area contributed by atoms with Gasteiger partial charge in [-0.3, -0.25) is 0 Å². The smallest absolute Gasteiger partial charge is 0.119 e. The largest absolute Gasteiger partial charge is 0.491 e. The molecule has 4 heteroatoms. The zero-order valence-electron chi connectivity index (χ0n) is 17.5. The third-order valence-corrected chi connectivity index (χ3v) is 5.32. The molecule has 0 amide bonds. The molecule has 0 aliphatic rings. The van der Waals surface area contributed by atoms with Crippen molar-refractivity contribution < 1.29 is 9.84 Å². The number of aliphatic hydroxyl groups excluding tert-OH is 1. The van der Waals surface area contributed by atoms with Gasteiger partial charge >= 0.3 is 0 Å². The van der Waals surface area contributed by atoms with Gasteiger partial charge in [-0.2, -0.15) is 0 Å². The second kappa shape index (κ2) is 9.14. The number of hydrogen-bond donors (Lipinski definition) is 1. The van der Waals surface area contributed by atoms with Crippen LogP contribution in [-0.2, 0) is 13.0 Å². The van der Waals surface area contributed by atoms with Crippen LogP contribution < -0.4 is 4.74 Å². The number of aromatic nitrogens is 2. The summed E-state index contributed by atoms with van der Waals surface area (Å²) in [6.07, 6.45) is 0.0849. The summed E-state index contributed by atoms with van der Waals surface area (Å²) in [5, 5.41) is 10.7. The number of nitrogens with zero attached hydrogens (tertiary/aromatic N) is 2. The molecule has 0 aliphatic heterocycles. The van der Waals surface area contributed by atoms with Crippen molar-refractivity contribution in [3.63, 3.8) is 0 Å². The Kier molecular flexibility index (Phi) is 6.15. The van der Waals surface area contributed by atoms with Crippen LogP contribution >= 0.6 is 0 Å². The number of benzene rings is 3. The lowest BCUT2D eigenvalue weighted by molar-refractivity contribution is 0.0928. The molecule has 0 fully saturated rings. The molecule has 4 aromatic rings. The summed E-state index contributed by atoms with van der Waals surface area (Å²) in [6.45, 7) is 5.01. The SMILES string of the molecule is CC(C)c1ccc(OCC(O)Cn2c(Cc3ccccc3)nc3ccccc32)cc1. The Morgan fingerprint density at radius 2 is 1.60 bits per heavy atom. The third-order valence-electron chi connectivity index (χ3n) is 5.32. The second-order valence-corrected chi connectivity index (χ2v) is 7.98. The van der Waals surface area contributed by atoms with E-state index in [2.05, 4.69) is 48.7 Å². The van der Waals surface area contributed by atoms with Gasteiger partial charge in [0.15, 0.2) is 0 Å². The highest BCUT2D eigenvalue weighted by Crippen LogP contribution is 2.21. The van der Waals surface area contributed by atoms with Gasteiger partial charge in [-0.15, -0.1) is 0 Å². The highest BCUT2D eigenvalue weighted by Gasteiger charge is 2.15. The van der Waals surface area contributed by atoms with Crippen molar-refractivity contribution in [1.82, 2.24) is 9.55 Å². The standard InChI is InChI=1S/C26H28N2O2/c1-19(2)21-12-14-23(15-13-21)30-18-22(29)17-28-25-11-7-6-10-24(25)27-26(28)16-20-8-4-3-5-9-20/h3-15,19,22,29H,16-18H2,1-2H3. The normalized spacial score (nSPS) is 12.4. The van der Waals surface area contributed by atoms with Crippen LogP contribution in [0, 0.1) is 0 Å². The molecule has 1 heterocycles. The van der Waals surface area contributed by atoms with Crippen LogP contribution in [0.4, 0.5) is 0 Å². The maximum absolute atomic E-state index is 10.7. The zero-order chi connectivity index (χ0) is 20.9. The van der Waals surface area contributed by atoms with Gasteiger partial charge in [-0.25, -0.2) is 4.98 Å². The van der Waals surface area contributed by atoms with Crippen molar-refractivity contribution in [2.45, 2.75) is 38.8 Å². The number of aliphatic hydroxyl groups is 1. The van der Waals surface area contributed by atoms with E-state index < -0.39 is 6.10 Å². The van der Waals surface area contributed by atoms with Gasteiger partial charge in [0.2, 0.25) is 0 Å². The number of para-hydroxylation sites is 2. The van der Waals surface area contributed by atoms with E-state index in [9.17, 15) is 5.11 Å². The predicted octanol–water partition coefficient (Wildman–Crippen LogP) is 5.19. The van der Waals surface area contributed by atoms with Gasteiger partial charge in [0.25, 0.3) is 0 Å². The summed E-state index contributed by atoms with van der Waals surface area (Å²) in [6, 6.07) is 26.4. The lowest BCUT2D eigenvalue weighted by atomic mass is 10.0. The molecular formula is C26H28N2O2. The molecule has 0 saturated heterocycles. The first-order valence-corrected chi connectivity index (χ1v) is 10.5. The molecular weight excluding hydrogens is 372 g/mol. The highest BCUT2D eigenvalue weighted by molar-refractivity contribution is 5.76. The Bertz CT molecular complexity index is 1090. The van der Waals surface area contributed by atoms with Crippen molar-refractivity contribution in [3.05, 3.63) is 95.8 Å². The number of rotatable bonds is 8. The molecule has 4 nitrogen and oxygen atoms in total. The Hall–Kier alpha value is -3.11. The molecule has 1 aromatic heterocycles. The fourth-order valence-corrected chi connectivity index (χ4v) is 3.65. The second-order valence-electron chi connectivity index (χ2n) is 7.98. The summed E-state index contributed by atoms with van der Waals surface area (Å²) in [4.78, 5) is 4.82. The van der Waals surface area contributed by atoms with Crippen LogP contribution in [0.2, 0.25) is 0 Å². The van der Waals surface area contributed by atoms with E-state index in [4.69, 9.17) is 9.72 Å². The minimum absolute atomic E-state index is 0.234. The summed E-state index contributed by atoms with van der Waals surface area (Å²) in [5.41, 5.74) is 4.45. The number of ether oxygens (including phenoxy) is 1. The van der Waals surface area contributed by atoms with E-state index in [1.165, 1.54) is 11.1 Å². The summed E-state index contributed by atoms with van der Waals surface area (Å²) < 4.78 is 7.95. The molecule has 0 spiro atoms. The van der Waals surface area contributed by atoms with E-state index >= 15 is 0 Å². The van der Waals surface area contributed by atoms with Crippen molar-refractivity contribution in [2.24, 2.45) is 0 Å². The molecule has 0 bridgehead atoms. The fraction of sp³-hybridized carbons (Fsp3) is 0.269. The molecule has 0 radical (unpaired) electrons. The topological polar surface area (TPSA) is 47.3 Å². The first kappa shape index (κ1) is 20.2. The molecule has 154 valence electrons. The summed E-state index contributed by atoms with van der Waals surface area (Å²) >= 11 is 0. The van der Waals surface area contributed by atoms with E-state index in [0.717, 1.165) is 29.0 Å². The third kappa shape index (κ3) is 4.71. The van der Waals surface area contributed by atoms with Crippen molar-refractivity contribution in [3.8, 4) is 5.75 Å².